The monoisotopic (exact) mass is 479 g/mol. The molecule has 1 aliphatic carbocycles. The number of carbonyl (C=O) groups is 2. The molecule has 0 unspecified atom stereocenters. The zero-order valence-electron chi connectivity index (χ0n) is 20.0. The quantitative estimate of drug-likeness (QED) is 0.587. The third kappa shape index (κ3) is 4.77. The summed E-state index contributed by atoms with van der Waals surface area (Å²) in [7, 11) is 0. The van der Waals surface area contributed by atoms with Gasteiger partial charge in [0.1, 0.15) is 17.6 Å². The van der Waals surface area contributed by atoms with Crippen molar-refractivity contribution in [3.05, 3.63) is 53.6 Å². The van der Waals surface area contributed by atoms with Gasteiger partial charge >= 0.3 is 0 Å². The van der Waals surface area contributed by atoms with Crippen LogP contribution in [0.2, 0.25) is 0 Å². The van der Waals surface area contributed by atoms with Crippen LogP contribution in [0, 0.1) is 11.7 Å². The first-order valence-corrected chi connectivity index (χ1v) is 12.3. The Hall–Kier alpha value is -3.33. The van der Waals surface area contributed by atoms with Crippen molar-refractivity contribution < 1.29 is 19.1 Å². The number of piperazine rings is 1. The number of carbonyl (C=O) groups excluding carboxylic acids is 2. The van der Waals surface area contributed by atoms with Crippen LogP contribution >= 0.6 is 0 Å². The normalized spacial score (nSPS) is 19.3. The van der Waals surface area contributed by atoms with Gasteiger partial charge in [0, 0.05) is 31.2 Å². The first kappa shape index (κ1) is 23.4. The zero-order chi connectivity index (χ0) is 24.7. The molecule has 2 amide bonds. The second-order valence-electron chi connectivity index (χ2n) is 9.64. The van der Waals surface area contributed by atoms with Gasteiger partial charge in [0.05, 0.1) is 11.9 Å². The number of imidazole rings is 1. The molecule has 0 radical (unpaired) electrons. The molecular formula is C26H30FN5O3. The summed E-state index contributed by atoms with van der Waals surface area (Å²) in [4.78, 5) is 34.0. The maximum absolute atomic E-state index is 13.3. The van der Waals surface area contributed by atoms with Crippen molar-refractivity contribution in [2.24, 2.45) is 5.92 Å². The number of aryl methyl sites for hydroxylation is 1. The van der Waals surface area contributed by atoms with Gasteiger partial charge in [-0.2, -0.15) is 5.10 Å². The summed E-state index contributed by atoms with van der Waals surface area (Å²) in [6.45, 7) is 5.05. The molecule has 1 aliphatic heterocycles. The molecular weight excluding hydrogens is 449 g/mol. The molecule has 8 nitrogen and oxygen atoms in total. The number of nitrogens with zero attached hydrogens (tertiary/aromatic N) is 5. The summed E-state index contributed by atoms with van der Waals surface area (Å²) in [5.74, 6) is -0.297. The fourth-order valence-corrected chi connectivity index (χ4v) is 4.76. The van der Waals surface area contributed by atoms with Crippen LogP contribution in [-0.2, 0) is 11.2 Å². The van der Waals surface area contributed by atoms with Gasteiger partial charge in [-0.15, -0.1) is 0 Å². The Morgan fingerprint density at radius 1 is 1.20 bits per heavy atom. The van der Waals surface area contributed by atoms with Gasteiger partial charge in [0.25, 0.3) is 11.8 Å². The molecule has 0 bridgehead atoms. The van der Waals surface area contributed by atoms with Crippen LogP contribution < -0.4 is 0 Å². The lowest BCUT2D eigenvalue weighted by molar-refractivity contribution is -0.144. The van der Waals surface area contributed by atoms with Crippen molar-refractivity contribution in [1.82, 2.24) is 24.4 Å². The average Bonchev–Trinajstić information content (AvgIpc) is 3.57. The first-order chi connectivity index (χ1) is 16.8. The topological polar surface area (TPSA) is 91.0 Å². The van der Waals surface area contributed by atoms with E-state index in [4.69, 9.17) is 0 Å². The summed E-state index contributed by atoms with van der Waals surface area (Å²) < 4.78 is 15.0. The van der Waals surface area contributed by atoms with Crippen molar-refractivity contribution in [2.45, 2.75) is 51.7 Å². The number of hydrogen-bond donors (Lipinski definition) is 1. The maximum atomic E-state index is 13.3. The van der Waals surface area contributed by atoms with E-state index in [2.05, 4.69) is 10.1 Å². The highest BCUT2D eigenvalue weighted by Gasteiger charge is 2.36. The van der Waals surface area contributed by atoms with E-state index < -0.39 is 6.10 Å². The van der Waals surface area contributed by atoms with E-state index in [1.54, 1.807) is 32.6 Å². The summed E-state index contributed by atoms with van der Waals surface area (Å²) in [5, 5.41) is 14.9. The minimum Gasteiger partial charge on any atom is -0.383 e. The lowest BCUT2D eigenvalue weighted by Crippen LogP contribution is -2.57. The van der Waals surface area contributed by atoms with Gasteiger partial charge in [-0.1, -0.05) is 19.8 Å². The molecule has 2 aliphatic rings. The third-order valence-electron chi connectivity index (χ3n) is 6.98. The van der Waals surface area contributed by atoms with Gasteiger partial charge in [0.2, 0.25) is 0 Å². The number of benzene rings is 1. The van der Waals surface area contributed by atoms with E-state index in [-0.39, 0.29) is 23.7 Å². The molecule has 9 heteroatoms. The fraction of sp³-hybridized carbons (Fsp3) is 0.462. The summed E-state index contributed by atoms with van der Waals surface area (Å²) in [5.41, 5.74) is 3.31. The van der Waals surface area contributed by atoms with Crippen LogP contribution in [0.4, 0.5) is 4.39 Å². The molecule has 1 aromatic carbocycles. The predicted octanol–water partition coefficient (Wildman–Crippen LogP) is 2.93. The van der Waals surface area contributed by atoms with Crippen molar-refractivity contribution in [3.8, 4) is 11.3 Å². The average molecular weight is 480 g/mol. The maximum Gasteiger partial charge on any atom is 0.274 e. The highest BCUT2D eigenvalue weighted by molar-refractivity contribution is 5.93. The number of fused-ring (bicyclic) bond motifs is 1. The van der Waals surface area contributed by atoms with Crippen LogP contribution in [0.1, 0.15) is 49.2 Å². The minimum absolute atomic E-state index is 0.194. The molecule has 1 N–H and O–H groups in total. The van der Waals surface area contributed by atoms with E-state index in [0.29, 0.717) is 55.4 Å². The van der Waals surface area contributed by atoms with Crippen LogP contribution in [0.15, 0.2) is 36.5 Å². The van der Waals surface area contributed by atoms with Crippen molar-refractivity contribution in [3.63, 3.8) is 0 Å². The van der Waals surface area contributed by atoms with Crippen LogP contribution in [0.25, 0.3) is 16.9 Å². The highest BCUT2D eigenvalue weighted by Crippen LogP contribution is 2.34. The zero-order valence-corrected chi connectivity index (χ0v) is 20.0. The number of aliphatic hydroxyl groups is 1. The SMILES string of the molecule is CCc1cc(-c2ccc(F)cc2)nn2cc(C(=O)N3CCN(C(=O)[C@H](O)CC4CC4)[C@@H](C)C3)nc12. The number of halogens is 1. The van der Waals surface area contributed by atoms with E-state index >= 15 is 0 Å². The summed E-state index contributed by atoms with van der Waals surface area (Å²) in [6, 6.07) is 7.87. The Bertz CT molecular complexity index is 1250. The van der Waals surface area contributed by atoms with E-state index in [0.717, 1.165) is 24.0 Å². The fourth-order valence-electron chi connectivity index (χ4n) is 4.76. The Morgan fingerprint density at radius 3 is 2.60 bits per heavy atom. The van der Waals surface area contributed by atoms with E-state index in [1.165, 1.54) is 12.1 Å². The van der Waals surface area contributed by atoms with Gasteiger partial charge in [-0.3, -0.25) is 9.59 Å². The van der Waals surface area contributed by atoms with Gasteiger partial charge in [0.15, 0.2) is 5.65 Å². The Balaban J connectivity index is 1.33. The lowest BCUT2D eigenvalue weighted by Gasteiger charge is -2.40. The molecule has 0 spiro atoms. The van der Waals surface area contributed by atoms with E-state index in [9.17, 15) is 19.1 Å². The second-order valence-corrected chi connectivity index (χ2v) is 9.64. The van der Waals surface area contributed by atoms with Gasteiger partial charge in [-0.25, -0.2) is 13.9 Å². The second kappa shape index (κ2) is 9.37. The molecule has 2 atom stereocenters. The Kier molecular flexibility index (Phi) is 6.27. The van der Waals surface area contributed by atoms with Crippen molar-refractivity contribution in [1.29, 1.82) is 0 Å². The Morgan fingerprint density at radius 2 is 1.94 bits per heavy atom. The smallest absolute Gasteiger partial charge is 0.274 e. The van der Waals surface area contributed by atoms with Crippen molar-refractivity contribution in [2.75, 3.05) is 19.6 Å². The molecule has 5 rings (SSSR count). The summed E-state index contributed by atoms with van der Waals surface area (Å²) >= 11 is 0. The largest absolute Gasteiger partial charge is 0.383 e. The molecule has 3 aromatic rings. The molecule has 2 fully saturated rings. The number of aliphatic hydroxyl groups excluding tert-OH is 1. The molecule has 2 aromatic heterocycles. The van der Waals surface area contributed by atoms with Crippen molar-refractivity contribution >= 4 is 17.5 Å². The number of amides is 2. The number of rotatable bonds is 6. The van der Waals surface area contributed by atoms with Crippen LogP contribution in [0.3, 0.4) is 0 Å². The number of hydrogen-bond acceptors (Lipinski definition) is 5. The number of aromatic nitrogens is 3. The van der Waals surface area contributed by atoms with Gasteiger partial charge in [-0.05, 0) is 61.6 Å². The highest BCUT2D eigenvalue weighted by atomic mass is 19.1. The lowest BCUT2D eigenvalue weighted by atomic mass is 10.1. The van der Waals surface area contributed by atoms with Crippen LogP contribution in [0.5, 0.6) is 0 Å². The molecule has 35 heavy (non-hydrogen) atoms. The summed E-state index contributed by atoms with van der Waals surface area (Å²) in [6.07, 6.45) is 4.07. The van der Waals surface area contributed by atoms with Gasteiger partial charge < -0.3 is 14.9 Å². The molecule has 184 valence electrons. The van der Waals surface area contributed by atoms with Crippen LogP contribution in [-0.4, -0.2) is 73.1 Å². The predicted molar refractivity (Wildman–Crippen MR) is 128 cm³/mol. The third-order valence-corrected chi connectivity index (χ3v) is 6.98. The molecule has 1 saturated carbocycles. The van der Waals surface area contributed by atoms with E-state index in [1.807, 2.05) is 19.9 Å². The first-order valence-electron chi connectivity index (χ1n) is 12.3. The standard InChI is InChI=1S/C26H30FN5O3/c1-3-18-13-21(19-6-8-20(27)9-7-19)29-32-15-22(28-24(18)32)25(34)30-10-11-31(16(2)14-30)26(35)23(33)12-17-4-5-17/h6-9,13,15-17,23,33H,3-5,10-12,14H2,1-2H3/t16-,23+/m0/s1. The molecule has 1 saturated heterocycles. The minimum atomic E-state index is -0.959. The molecule has 3 heterocycles. The Labute approximate surface area is 203 Å².